The second kappa shape index (κ2) is 4.70. The zero-order valence-electron chi connectivity index (χ0n) is 7.95. The topological polar surface area (TPSA) is 28.8 Å². The van der Waals surface area contributed by atoms with E-state index in [1.807, 2.05) is 36.9 Å². The Labute approximate surface area is 93.6 Å². The molecule has 4 heteroatoms. The second-order valence-electron chi connectivity index (χ2n) is 2.91. The van der Waals surface area contributed by atoms with E-state index < -0.39 is 0 Å². The summed E-state index contributed by atoms with van der Waals surface area (Å²) in [7, 11) is 0. The minimum absolute atomic E-state index is 0.511. The number of nitrogens with zero attached hydrogens (tertiary/aromatic N) is 3. The van der Waals surface area contributed by atoms with Gasteiger partial charge < -0.3 is 0 Å². The van der Waals surface area contributed by atoms with E-state index in [-0.39, 0.29) is 0 Å². The minimum Gasteiger partial charge on any atom is -0.153 e. The summed E-state index contributed by atoms with van der Waals surface area (Å²) in [5.74, 6) is 0.511. The van der Waals surface area contributed by atoms with Crippen LogP contribution in [0.4, 0.5) is 5.95 Å². The standard InChI is InChI=1S/C11H9N3S/c15-14(11-12-7-4-8-13-11)9-10-5-2-1-3-6-10/h1-9H/q+1. The highest BCUT2D eigenvalue weighted by Crippen LogP contribution is 2.08. The quantitative estimate of drug-likeness (QED) is 0.734. The summed E-state index contributed by atoms with van der Waals surface area (Å²) >= 11 is 5.14. The van der Waals surface area contributed by atoms with E-state index in [0.717, 1.165) is 5.56 Å². The summed E-state index contributed by atoms with van der Waals surface area (Å²) < 4.78 is 1.48. The molecule has 0 aliphatic heterocycles. The van der Waals surface area contributed by atoms with E-state index in [9.17, 15) is 0 Å². The molecule has 0 spiro atoms. The van der Waals surface area contributed by atoms with Gasteiger partial charge in [0.2, 0.25) is 0 Å². The fourth-order valence-corrected chi connectivity index (χ4v) is 1.35. The fraction of sp³-hybridized carbons (Fsp3) is 0. The Kier molecular flexibility index (Phi) is 3.09. The van der Waals surface area contributed by atoms with Gasteiger partial charge in [0.1, 0.15) is 24.8 Å². The lowest BCUT2D eigenvalue weighted by molar-refractivity contribution is -0.363. The van der Waals surface area contributed by atoms with Crippen molar-refractivity contribution in [2.24, 2.45) is 0 Å². The number of benzene rings is 1. The Morgan fingerprint density at radius 2 is 1.67 bits per heavy atom. The summed E-state index contributed by atoms with van der Waals surface area (Å²) in [6.45, 7) is 1.81. The maximum absolute atomic E-state index is 5.14. The third-order valence-electron chi connectivity index (χ3n) is 1.82. The second-order valence-corrected chi connectivity index (χ2v) is 3.31. The molecule has 0 saturated heterocycles. The highest BCUT2D eigenvalue weighted by atomic mass is 32.1. The molecule has 0 bridgehead atoms. The first kappa shape index (κ1) is 9.86. The molecule has 1 radical (unpaired) electrons. The zero-order valence-corrected chi connectivity index (χ0v) is 8.76. The molecule has 0 amide bonds. The molecule has 0 saturated carbocycles. The number of hydrogen-bond donors (Lipinski definition) is 0. The maximum Gasteiger partial charge on any atom is 0.444 e. The summed E-state index contributed by atoms with van der Waals surface area (Å²) in [5, 5.41) is 0. The molecule has 0 unspecified atom stereocenters. The Morgan fingerprint density at radius 3 is 2.33 bits per heavy atom. The van der Waals surface area contributed by atoms with Crippen molar-refractivity contribution in [3.8, 4) is 0 Å². The Bertz CT molecular complexity index is 442. The van der Waals surface area contributed by atoms with Crippen LogP contribution in [0.25, 0.3) is 0 Å². The van der Waals surface area contributed by atoms with Gasteiger partial charge in [0.15, 0.2) is 6.54 Å². The van der Waals surface area contributed by atoms with Crippen LogP contribution in [0.1, 0.15) is 5.56 Å². The molecule has 1 heterocycles. The van der Waals surface area contributed by atoms with Crippen LogP contribution < -0.4 is 0 Å². The summed E-state index contributed by atoms with van der Waals surface area (Å²) in [6, 6.07) is 11.6. The third-order valence-corrected chi connectivity index (χ3v) is 2.08. The summed E-state index contributed by atoms with van der Waals surface area (Å²) in [6.07, 6.45) is 3.33. The van der Waals surface area contributed by atoms with Gasteiger partial charge in [-0.15, -0.1) is 0 Å². The van der Waals surface area contributed by atoms with Crippen molar-refractivity contribution in [2.45, 2.75) is 0 Å². The zero-order chi connectivity index (χ0) is 10.5. The predicted molar refractivity (Wildman–Crippen MR) is 59.2 cm³/mol. The van der Waals surface area contributed by atoms with Crippen molar-refractivity contribution >= 4 is 18.4 Å². The molecule has 0 aliphatic rings. The monoisotopic (exact) mass is 215 g/mol. The van der Waals surface area contributed by atoms with Crippen molar-refractivity contribution in [3.05, 3.63) is 60.9 Å². The largest absolute Gasteiger partial charge is 0.444 e. The van der Waals surface area contributed by atoms with Crippen LogP contribution in [0.5, 0.6) is 0 Å². The molecule has 73 valence electrons. The van der Waals surface area contributed by atoms with Crippen molar-refractivity contribution < 1.29 is 3.95 Å². The van der Waals surface area contributed by atoms with Crippen LogP contribution in [-0.4, -0.2) is 13.9 Å². The van der Waals surface area contributed by atoms with Gasteiger partial charge in [-0.25, -0.2) is 0 Å². The Balaban J connectivity index is 2.12. The van der Waals surface area contributed by atoms with Gasteiger partial charge >= 0.3 is 5.95 Å². The minimum atomic E-state index is 0.511. The summed E-state index contributed by atoms with van der Waals surface area (Å²) in [4.78, 5) is 8.11. The van der Waals surface area contributed by atoms with Crippen LogP contribution in [0.3, 0.4) is 0 Å². The third kappa shape index (κ3) is 2.63. The van der Waals surface area contributed by atoms with Crippen molar-refractivity contribution in [3.63, 3.8) is 0 Å². The van der Waals surface area contributed by atoms with Gasteiger partial charge in [0, 0.05) is 6.07 Å². The average molecular weight is 215 g/mol. The van der Waals surface area contributed by atoms with Gasteiger partial charge in [0.25, 0.3) is 0 Å². The van der Waals surface area contributed by atoms with Crippen molar-refractivity contribution in [2.75, 3.05) is 0 Å². The Hall–Kier alpha value is -1.68. The molecule has 2 rings (SSSR count). The first-order valence-electron chi connectivity index (χ1n) is 4.49. The van der Waals surface area contributed by atoms with Crippen LogP contribution in [0, 0.1) is 6.54 Å². The van der Waals surface area contributed by atoms with Crippen molar-refractivity contribution in [1.29, 1.82) is 0 Å². The smallest absolute Gasteiger partial charge is 0.153 e. The van der Waals surface area contributed by atoms with E-state index in [4.69, 9.17) is 12.4 Å². The molecular formula is C11H9N3S+. The van der Waals surface area contributed by atoms with Gasteiger partial charge in [-0.3, -0.25) is 0 Å². The first-order valence-corrected chi connectivity index (χ1v) is 4.86. The number of aromatic nitrogens is 2. The Morgan fingerprint density at radius 1 is 1.00 bits per heavy atom. The van der Waals surface area contributed by atoms with Crippen molar-refractivity contribution in [1.82, 2.24) is 9.97 Å². The lowest BCUT2D eigenvalue weighted by atomic mass is 10.2. The molecule has 0 fully saturated rings. The highest BCUT2D eigenvalue weighted by molar-refractivity contribution is 7.44. The molecule has 3 nitrogen and oxygen atoms in total. The van der Waals surface area contributed by atoms with Crippen LogP contribution in [0.15, 0.2) is 48.8 Å². The molecule has 2 aromatic rings. The molecular weight excluding hydrogens is 206 g/mol. The van der Waals surface area contributed by atoms with E-state index >= 15 is 0 Å². The SMILES string of the molecule is S=[N+]([CH]c1ccccc1)c1ncccn1. The molecule has 1 aromatic carbocycles. The predicted octanol–water partition coefficient (Wildman–Crippen LogP) is 2.06. The number of rotatable bonds is 3. The first-order chi connectivity index (χ1) is 7.36. The number of hydrogen-bond acceptors (Lipinski definition) is 3. The van der Waals surface area contributed by atoms with E-state index in [0.29, 0.717) is 5.95 Å². The van der Waals surface area contributed by atoms with Crippen LogP contribution in [0.2, 0.25) is 0 Å². The fourth-order valence-electron chi connectivity index (χ4n) is 1.14. The van der Waals surface area contributed by atoms with Crippen LogP contribution >= 0.6 is 0 Å². The summed E-state index contributed by atoms with van der Waals surface area (Å²) in [5.41, 5.74) is 1.03. The lowest BCUT2D eigenvalue weighted by Gasteiger charge is -1.97. The van der Waals surface area contributed by atoms with Gasteiger partial charge in [0.05, 0.1) is 0 Å². The van der Waals surface area contributed by atoms with E-state index in [2.05, 4.69) is 9.97 Å². The van der Waals surface area contributed by atoms with Gasteiger partial charge in [-0.05, 0) is 5.56 Å². The van der Waals surface area contributed by atoms with Gasteiger partial charge in [-0.1, -0.05) is 40.3 Å². The van der Waals surface area contributed by atoms with E-state index in [1.54, 1.807) is 18.5 Å². The lowest BCUT2D eigenvalue weighted by Crippen LogP contribution is -2.01. The molecule has 15 heavy (non-hydrogen) atoms. The maximum atomic E-state index is 5.14. The molecule has 0 aliphatic carbocycles. The molecule has 0 N–H and O–H groups in total. The van der Waals surface area contributed by atoms with Gasteiger partial charge in [-0.2, -0.15) is 3.95 Å². The van der Waals surface area contributed by atoms with E-state index in [1.165, 1.54) is 3.95 Å². The van der Waals surface area contributed by atoms with Crippen LogP contribution in [-0.2, 0) is 12.4 Å². The highest BCUT2D eigenvalue weighted by Gasteiger charge is 2.11. The molecule has 0 atom stereocenters. The molecule has 1 aromatic heterocycles. The normalized spacial score (nSPS) is 9.87. The average Bonchev–Trinajstić information content (AvgIpc) is 2.31.